The van der Waals surface area contributed by atoms with Gasteiger partial charge in [-0.3, -0.25) is 74.3 Å². The number of nitrogens with two attached hydrogens (primary N) is 1. The fourth-order valence-corrected chi connectivity index (χ4v) is 9.63. The van der Waals surface area contributed by atoms with E-state index in [-0.39, 0.29) is 165 Å². The van der Waals surface area contributed by atoms with Crippen molar-refractivity contribution in [2.45, 2.75) is 184 Å². The fourth-order valence-electron chi connectivity index (χ4n) is 9.63. The van der Waals surface area contributed by atoms with Gasteiger partial charge in [-0.15, -0.1) is 0 Å². The first-order valence-electron chi connectivity index (χ1n) is 32.7. The van der Waals surface area contributed by atoms with Gasteiger partial charge in [-0.2, -0.15) is 0 Å². The second-order valence-electron chi connectivity index (χ2n) is 23.4. The van der Waals surface area contributed by atoms with Crippen molar-refractivity contribution < 1.29 is 110 Å². The molecule has 101 heavy (non-hydrogen) atoms. The average Bonchev–Trinajstić information content (AvgIpc) is 0.899. The van der Waals surface area contributed by atoms with E-state index < -0.39 is 134 Å². The van der Waals surface area contributed by atoms with E-state index in [1.807, 2.05) is 0 Å². The number of rotatable bonds is 51. The number of hydrogen-bond donors (Lipinski definition) is 24. The van der Waals surface area contributed by atoms with Crippen LogP contribution in [0.25, 0.3) is 0 Å². The van der Waals surface area contributed by atoms with Crippen molar-refractivity contribution in [3.05, 3.63) is 88.8 Å². The number of carboxylic acids is 2. The standard InChI is InChI=1S/C63H98N16O22/c1-35(75-43(30-38-10-21-67-46(33-38)62(98)99)59(94)73-25-12-49(81)70-28-17-56(90)91)8-19-71-57(92)40(3-5-54(86)87)76-50(82)13-23-65-36(2)42(29-37-9-20-66-45(32-37)61(96)97)78-52(84)16-26-72-58(93)41(4-6-55(88)89)77-51(83)15-27-74-60(95)44(31-39-11-22-68-47(34-39)63(100)101)79-53(85)14-24-69-48(80)7-18-64/h9-11,20-22,32-34,40-44,49,53,55-57,62-63,70-71,79,81,85,88-92,98-101H,3-8,12-19,23-31,64H2,1-2H3,(H,69,80)(H,72,93)(H,73,94)(H,74,95)(H,76,82)(H,77,83)(H,78,84)(H,86,87)(H,96,97). The first kappa shape index (κ1) is 86.6. The lowest BCUT2D eigenvalue weighted by Gasteiger charge is -2.25. The van der Waals surface area contributed by atoms with E-state index in [1.165, 1.54) is 55.8 Å². The summed E-state index contributed by atoms with van der Waals surface area (Å²) < 4.78 is 0. The molecule has 0 fully saturated rings. The number of aliphatic hydroxyl groups is 11. The number of carbonyl (C=O) groups is 9. The quantitative estimate of drug-likeness (QED) is 0.0184. The number of aliphatic carboxylic acids is 1. The van der Waals surface area contributed by atoms with E-state index in [0.29, 0.717) is 22.4 Å². The van der Waals surface area contributed by atoms with Gasteiger partial charge >= 0.3 is 11.9 Å². The van der Waals surface area contributed by atoms with Gasteiger partial charge in [-0.05, 0) is 99.0 Å². The number of carboxylic acid groups (broad SMARTS) is 2. The maximum absolute atomic E-state index is 13.6. The van der Waals surface area contributed by atoms with Gasteiger partial charge in [-0.1, -0.05) is 0 Å². The van der Waals surface area contributed by atoms with Crippen molar-refractivity contribution in [3.63, 3.8) is 0 Å². The van der Waals surface area contributed by atoms with Gasteiger partial charge in [0.15, 0.2) is 25.2 Å². The second-order valence-corrected chi connectivity index (χ2v) is 23.4. The Morgan fingerprint density at radius 3 is 1.60 bits per heavy atom. The largest absolute Gasteiger partial charge is 0.481 e. The van der Waals surface area contributed by atoms with Crippen LogP contribution >= 0.6 is 0 Å². The summed E-state index contributed by atoms with van der Waals surface area (Å²) in [5.41, 5.74) is 6.85. The molecule has 0 aliphatic heterocycles. The molecule has 38 nitrogen and oxygen atoms in total. The minimum atomic E-state index is -1.92. The molecule has 3 aromatic heterocycles. The molecule has 25 N–H and O–H groups in total. The molecule has 0 saturated carbocycles. The van der Waals surface area contributed by atoms with Crippen molar-refractivity contribution in [3.8, 4) is 0 Å². The topological polar surface area (TPSA) is 626 Å². The van der Waals surface area contributed by atoms with E-state index in [4.69, 9.17) is 15.9 Å². The SMILES string of the molecule is CC(CCNC(O)C(CCC(=O)O)NC(=O)CCN=C(C)C(Cc1ccnc(C(=O)O)c1)NC(=O)CCNC(=O)C(CCC(O)O)NC(=O)CCNC(=O)C(Cc1ccnc(C(O)O)c1)NC(O)CCNC(=O)CCN)=NC(Cc1ccnc(C(O)O)c1)C(=O)NCCC(O)NCCC(O)O. The lowest BCUT2D eigenvalue weighted by Crippen LogP contribution is -2.51. The van der Waals surface area contributed by atoms with Gasteiger partial charge in [0, 0.05) is 147 Å². The number of aromatic carboxylic acids is 1. The third kappa shape index (κ3) is 37.1. The molecule has 7 amide bonds. The van der Waals surface area contributed by atoms with Crippen LogP contribution in [0.4, 0.5) is 0 Å². The Hall–Kier alpha value is -8.58. The summed E-state index contributed by atoms with van der Waals surface area (Å²) in [5.74, 6) is -7.08. The molecule has 3 aromatic rings. The number of carbonyl (C=O) groups excluding carboxylic acids is 7. The number of amides is 7. The lowest BCUT2D eigenvalue weighted by atomic mass is 10.0. The minimum Gasteiger partial charge on any atom is -0.481 e. The first-order valence-corrected chi connectivity index (χ1v) is 32.7. The van der Waals surface area contributed by atoms with Gasteiger partial charge in [0.1, 0.15) is 36.5 Å². The fraction of sp³-hybridized carbons (Fsp3) is 0.587. The molecule has 0 bridgehead atoms. The van der Waals surface area contributed by atoms with Gasteiger partial charge in [0.05, 0.1) is 29.5 Å². The molecule has 0 aromatic carbocycles. The number of aromatic nitrogens is 3. The van der Waals surface area contributed by atoms with E-state index in [2.05, 4.69) is 78.1 Å². The molecule has 3 heterocycles. The average molecular weight is 1430 g/mol. The third-order valence-electron chi connectivity index (χ3n) is 15.0. The maximum Gasteiger partial charge on any atom is 0.354 e. The molecule has 8 atom stereocenters. The Balaban J connectivity index is 1.67. The van der Waals surface area contributed by atoms with Crippen LogP contribution in [-0.4, -0.2) is 260 Å². The number of nitrogens with one attached hydrogen (secondary N) is 10. The molecule has 0 aliphatic rings. The van der Waals surface area contributed by atoms with Crippen LogP contribution in [-0.2, 0) is 57.6 Å². The monoisotopic (exact) mass is 1430 g/mol. The molecular weight excluding hydrogens is 1330 g/mol. The first-order chi connectivity index (χ1) is 47.9. The summed E-state index contributed by atoms with van der Waals surface area (Å²) in [4.78, 5) is 137. The van der Waals surface area contributed by atoms with Crippen molar-refractivity contribution in [1.29, 1.82) is 0 Å². The van der Waals surface area contributed by atoms with Crippen LogP contribution in [0.2, 0.25) is 0 Å². The highest BCUT2D eigenvalue weighted by molar-refractivity contribution is 5.93. The highest BCUT2D eigenvalue weighted by atomic mass is 16.5. The van der Waals surface area contributed by atoms with Crippen LogP contribution in [0.1, 0.15) is 142 Å². The van der Waals surface area contributed by atoms with Crippen LogP contribution in [0.15, 0.2) is 65.0 Å². The Bertz CT molecular complexity index is 3160. The Labute approximate surface area is 581 Å². The molecule has 0 spiro atoms. The molecular formula is C63H98N16O22. The number of pyridine rings is 3. The summed E-state index contributed by atoms with van der Waals surface area (Å²) >= 11 is 0. The summed E-state index contributed by atoms with van der Waals surface area (Å²) in [7, 11) is 0. The zero-order chi connectivity index (χ0) is 75.0. The Morgan fingerprint density at radius 1 is 0.485 bits per heavy atom. The predicted molar refractivity (Wildman–Crippen MR) is 357 cm³/mol. The van der Waals surface area contributed by atoms with E-state index in [9.17, 15) is 99.3 Å². The van der Waals surface area contributed by atoms with Crippen molar-refractivity contribution in [1.82, 2.24) is 68.1 Å². The predicted octanol–water partition coefficient (Wildman–Crippen LogP) is -6.79. The Kier molecular flexibility index (Phi) is 40.8. The van der Waals surface area contributed by atoms with Gasteiger partial charge in [-0.25, -0.2) is 9.78 Å². The number of nitrogens with zero attached hydrogens (tertiary/aromatic N) is 5. The molecule has 38 heteroatoms. The van der Waals surface area contributed by atoms with E-state index in [1.54, 1.807) is 13.0 Å². The zero-order valence-corrected chi connectivity index (χ0v) is 56.2. The summed E-state index contributed by atoms with van der Waals surface area (Å²) in [5, 5.41) is 154. The minimum absolute atomic E-state index is 0.00554. The summed E-state index contributed by atoms with van der Waals surface area (Å²) in [6.45, 7) is 2.51. The summed E-state index contributed by atoms with van der Waals surface area (Å²) in [6, 6.07) is 2.79. The van der Waals surface area contributed by atoms with Gasteiger partial charge < -0.3 is 109 Å². The number of hydrogen-bond acceptors (Lipinski definition) is 29. The second kappa shape index (κ2) is 47.5. The third-order valence-corrected chi connectivity index (χ3v) is 15.0. The van der Waals surface area contributed by atoms with E-state index >= 15 is 0 Å². The molecule has 0 saturated heterocycles. The van der Waals surface area contributed by atoms with Crippen LogP contribution < -0.4 is 58.9 Å². The summed E-state index contributed by atoms with van der Waals surface area (Å²) in [6.07, 6.45) is -9.86. The molecule has 0 aliphatic carbocycles. The van der Waals surface area contributed by atoms with Crippen LogP contribution in [0.5, 0.6) is 0 Å². The van der Waals surface area contributed by atoms with Crippen LogP contribution in [0, 0.1) is 0 Å². The number of aliphatic hydroxyl groups excluding tert-OH is 7. The normalized spacial score (nSPS) is 14.3. The molecule has 562 valence electrons. The highest BCUT2D eigenvalue weighted by Gasteiger charge is 2.28. The van der Waals surface area contributed by atoms with Gasteiger partial charge in [0.25, 0.3) is 0 Å². The molecule has 0 radical (unpaired) electrons. The smallest absolute Gasteiger partial charge is 0.354 e. The van der Waals surface area contributed by atoms with Gasteiger partial charge in [0.2, 0.25) is 41.4 Å². The van der Waals surface area contributed by atoms with Crippen molar-refractivity contribution >= 4 is 64.7 Å². The van der Waals surface area contributed by atoms with Crippen molar-refractivity contribution in [2.75, 3.05) is 52.4 Å². The molecule has 3 rings (SSSR count). The lowest BCUT2D eigenvalue weighted by molar-refractivity contribution is -0.138. The van der Waals surface area contributed by atoms with Crippen molar-refractivity contribution in [2.24, 2.45) is 15.7 Å². The Morgan fingerprint density at radius 2 is 1.02 bits per heavy atom. The zero-order valence-electron chi connectivity index (χ0n) is 56.2. The molecule has 8 unspecified atom stereocenters. The van der Waals surface area contributed by atoms with E-state index in [0.717, 1.165) is 0 Å². The maximum atomic E-state index is 13.6. The van der Waals surface area contributed by atoms with Crippen LogP contribution in [0.3, 0.4) is 0 Å². The highest BCUT2D eigenvalue weighted by Crippen LogP contribution is 2.16. The number of aliphatic imine (C=N–C) groups is 2.